The van der Waals surface area contributed by atoms with Gasteiger partial charge in [0.2, 0.25) is 0 Å². The highest BCUT2D eigenvalue weighted by atomic mass is 16.4. The van der Waals surface area contributed by atoms with E-state index in [2.05, 4.69) is 38.3 Å². The van der Waals surface area contributed by atoms with E-state index in [1.807, 2.05) is 0 Å². The lowest BCUT2D eigenvalue weighted by molar-refractivity contribution is -0.140. The molecular weight excluding hydrogens is 276 g/mol. The van der Waals surface area contributed by atoms with Crippen molar-refractivity contribution in [1.29, 1.82) is 0 Å². The number of urea groups is 1. The summed E-state index contributed by atoms with van der Waals surface area (Å²) in [5.74, 6) is -1.25. The predicted octanol–water partition coefficient (Wildman–Crippen LogP) is 1.53. The maximum Gasteiger partial charge on any atom is 0.326 e. The molecule has 0 aliphatic heterocycles. The van der Waals surface area contributed by atoms with Gasteiger partial charge in [0.15, 0.2) is 0 Å². The van der Waals surface area contributed by atoms with Gasteiger partial charge in [-0.3, -0.25) is 4.79 Å². The topological polar surface area (TPSA) is 116 Å². The van der Waals surface area contributed by atoms with Crippen LogP contribution in [0, 0.1) is 17.8 Å². The van der Waals surface area contributed by atoms with Crippen molar-refractivity contribution in [3.8, 4) is 0 Å². The first-order valence-electron chi connectivity index (χ1n) is 7.14. The van der Waals surface area contributed by atoms with E-state index < -0.39 is 24.0 Å². The molecule has 0 aromatic carbocycles. The van der Waals surface area contributed by atoms with Crippen molar-refractivity contribution >= 4 is 18.0 Å². The number of carbonyl (C=O) groups excluding carboxylic acids is 1. The van der Waals surface area contributed by atoms with Gasteiger partial charge in [-0.25, -0.2) is 9.59 Å². The van der Waals surface area contributed by atoms with Gasteiger partial charge in [-0.1, -0.05) is 27.7 Å². The van der Waals surface area contributed by atoms with Crippen molar-refractivity contribution in [2.24, 2.45) is 17.8 Å². The van der Waals surface area contributed by atoms with Crippen LogP contribution in [0.25, 0.3) is 0 Å². The maximum atomic E-state index is 11.7. The molecule has 7 heteroatoms. The average molecular weight is 302 g/mol. The maximum absolute atomic E-state index is 11.7. The van der Waals surface area contributed by atoms with Gasteiger partial charge in [-0.05, 0) is 24.2 Å². The van der Waals surface area contributed by atoms with E-state index in [0.29, 0.717) is 18.4 Å². The van der Waals surface area contributed by atoms with Crippen molar-refractivity contribution in [1.82, 2.24) is 10.6 Å². The molecule has 4 N–H and O–H groups in total. The summed E-state index contributed by atoms with van der Waals surface area (Å²) in [4.78, 5) is 33.1. The van der Waals surface area contributed by atoms with Gasteiger partial charge in [-0.2, -0.15) is 0 Å². The van der Waals surface area contributed by atoms with E-state index in [-0.39, 0.29) is 18.8 Å². The Balaban J connectivity index is 4.37. The van der Waals surface area contributed by atoms with E-state index in [1.165, 1.54) is 0 Å². The number of hydrogen-bond donors (Lipinski definition) is 4. The number of carbonyl (C=O) groups is 3. The van der Waals surface area contributed by atoms with Crippen molar-refractivity contribution in [2.45, 2.75) is 46.6 Å². The van der Waals surface area contributed by atoms with Gasteiger partial charge >= 0.3 is 18.0 Å². The van der Waals surface area contributed by atoms with Crippen molar-refractivity contribution in [2.75, 3.05) is 6.54 Å². The summed E-state index contributed by atoms with van der Waals surface area (Å²) in [6.45, 7) is 8.72. The number of nitrogens with one attached hydrogen (secondary N) is 2. The zero-order valence-electron chi connectivity index (χ0n) is 13.0. The summed E-state index contributed by atoms with van der Waals surface area (Å²) >= 11 is 0. The number of rotatable bonds is 9. The molecule has 0 heterocycles. The normalized spacial score (nSPS) is 12.5. The van der Waals surface area contributed by atoms with E-state index >= 15 is 0 Å². The van der Waals surface area contributed by atoms with Gasteiger partial charge in [-0.15, -0.1) is 0 Å². The molecule has 1 unspecified atom stereocenters. The van der Waals surface area contributed by atoms with Crippen molar-refractivity contribution in [3.63, 3.8) is 0 Å². The van der Waals surface area contributed by atoms with Crippen LogP contribution in [0.4, 0.5) is 4.79 Å². The molecule has 0 aliphatic carbocycles. The summed E-state index contributed by atoms with van der Waals surface area (Å²) in [6.07, 6.45) is -0.451. The van der Waals surface area contributed by atoms with Crippen LogP contribution in [0.5, 0.6) is 0 Å². The van der Waals surface area contributed by atoms with Gasteiger partial charge in [0, 0.05) is 13.0 Å². The fourth-order valence-corrected chi connectivity index (χ4v) is 2.19. The molecule has 0 saturated heterocycles. The molecule has 122 valence electrons. The van der Waals surface area contributed by atoms with E-state index in [0.717, 1.165) is 0 Å². The molecule has 0 aliphatic rings. The Labute approximate surface area is 125 Å². The molecule has 0 fully saturated rings. The fraction of sp³-hybridized carbons (Fsp3) is 0.786. The summed E-state index contributed by atoms with van der Waals surface area (Å²) in [7, 11) is 0. The molecule has 7 nitrogen and oxygen atoms in total. The van der Waals surface area contributed by atoms with Crippen LogP contribution >= 0.6 is 0 Å². The minimum atomic E-state index is -1.24. The fourth-order valence-electron chi connectivity index (χ4n) is 2.19. The van der Waals surface area contributed by atoms with E-state index in [1.54, 1.807) is 0 Å². The standard InChI is InChI=1S/C14H26N2O5/c1-8(2)10(9(3)4)7-15-14(21)16-11(13(19)20)5-6-12(17)18/h8-11H,5-7H2,1-4H3,(H,17,18)(H,19,20)(H2,15,16,21). The molecule has 0 radical (unpaired) electrons. The van der Waals surface area contributed by atoms with Gasteiger partial charge in [0.25, 0.3) is 0 Å². The van der Waals surface area contributed by atoms with Crippen molar-refractivity contribution < 1.29 is 24.6 Å². The van der Waals surface area contributed by atoms with E-state index in [9.17, 15) is 14.4 Å². The molecule has 21 heavy (non-hydrogen) atoms. The third kappa shape index (κ3) is 8.16. The van der Waals surface area contributed by atoms with Crippen LogP contribution in [0.3, 0.4) is 0 Å². The van der Waals surface area contributed by atoms with Crippen LogP contribution in [-0.2, 0) is 9.59 Å². The quantitative estimate of drug-likeness (QED) is 0.515. The Hall–Kier alpha value is -1.79. The Morgan fingerprint density at radius 1 is 1.00 bits per heavy atom. The SMILES string of the molecule is CC(C)C(CNC(=O)NC(CCC(=O)O)C(=O)O)C(C)C. The highest BCUT2D eigenvalue weighted by molar-refractivity contribution is 5.82. The minimum Gasteiger partial charge on any atom is -0.481 e. The zero-order chi connectivity index (χ0) is 16.6. The highest BCUT2D eigenvalue weighted by Crippen LogP contribution is 2.19. The van der Waals surface area contributed by atoms with Crippen LogP contribution < -0.4 is 10.6 Å². The number of carboxylic acids is 2. The Morgan fingerprint density at radius 3 is 1.90 bits per heavy atom. The molecule has 0 spiro atoms. The molecule has 0 bridgehead atoms. The Kier molecular flexibility index (Phi) is 8.42. The zero-order valence-corrected chi connectivity index (χ0v) is 13.0. The van der Waals surface area contributed by atoms with Gasteiger partial charge in [0.1, 0.15) is 6.04 Å². The molecule has 0 aromatic heterocycles. The molecule has 1 atom stereocenters. The monoisotopic (exact) mass is 302 g/mol. The number of amides is 2. The van der Waals surface area contributed by atoms with Gasteiger partial charge < -0.3 is 20.8 Å². The second-order valence-corrected chi connectivity index (χ2v) is 5.83. The van der Waals surface area contributed by atoms with Crippen LogP contribution in [0.1, 0.15) is 40.5 Å². The molecule has 0 saturated carbocycles. The molecule has 0 rings (SSSR count). The lowest BCUT2D eigenvalue weighted by Gasteiger charge is -2.25. The minimum absolute atomic E-state index is 0.143. The Bertz CT molecular complexity index is 360. The molecule has 2 amide bonds. The lowest BCUT2D eigenvalue weighted by Crippen LogP contribution is -2.47. The number of hydrogen-bond acceptors (Lipinski definition) is 3. The van der Waals surface area contributed by atoms with Gasteiger partial charge in [0.05, 0.1) is 0 Å². The lowest BCUT2D eigenvalue weighted by atomic mass is 9.85. The Morgan fingerprint density at radius 2 is 1.52 bits per heavy atom. The summed E-state index contributed by atoms with van der Waals surface area (Å²) < 4.78 is 0. The second kappa shape index (κ2) is 9.20. The largest absolute Gasteiger partial charge is 0.481 e. The first kappa shape index (κ1) is 19.2. The average Bonchev–Trinajstić information content (AvgIpc) is 2.32. The molecular formula is C14H26N2O5. The summed E-state index contributed by atoms with van der Waals surface area (Å²) in [5.41, 5.74) is 0. The van der Waals surface area contributed by atoms with Crippen LogP contribution in [-0.4, -0.2) is 40.8 Å². The molecule has 0 aromatic rings. The third-order valence-electron chi connectivity index (χ3n) is 3.46. The highest BCUT2D eigenvalue weighted by Gasteiger charge is 2.22. The number of carboxylic acid groups (broad SMARTS) is 2. The predicted molar refractivity (Wildman–Crippen MR) is 78.0 cm³/mol. The second-order valence-electron chi connectivity index (χ2n) is 5.83. The smallest absolute Gasteiger partial charge is 0.326 e. The summed E-state index contributed by atoms with van der Waals surface area (Å²) in [5, 5.41) is 22.5. The van der Waals surface area contributed by atoms with Crippen LogP contribution in [0.2, 0.25) is 0 Å². The third-order valence-corrected chi connectivity index (χ3v) is 3.46. The summed E-state index contributed by atoms with van der Waals surface area (Å²) in [6, 6.07) is -1.78. The number of aliphatic carboxylic acids is 2. The first-order chi connectivity index (χ1) is 9.65. The van der Waals surface area contributed by atoms with Crippen molar-refractivity contribution in [3.05, 3.63) is 0 Å². The first-order valence-corrected chi connectivity index (χ1v) is 7.14. The van der Waals surface area contributed by atoms with E-state index in [4.69, 9.17) is 10.2 Å². The van der Waals surface area contributed by atoms with Crippen LogP contribution in [0.15, 0.2) is 0 Å².